The molecule has 2 aliphatic rings. The third kappa shape index (κ3) is 3.00. The Labute approximate surface area is 101 Å². The standard InChI is InChI=1S/C15H29N/c1-12-8-14(2,3)11-15(16,9-12)10-13-6-4-5-7-13/h12-13H,4-11,16H2,1-3H3. The summed E-state index contributed by atoms with van der Waals surface area (Å²) in [4.78, 5) is 0. The van der Waals surface area contributed by atoms with Crippen LogP contribution in [0, 0.1) is 17.3 Å². The highest BCUT2D eigenvalue weighted by Crippen LogP contribution is 2.46. The van der Waals surface area contributed by atoms with Crippen LogP contribution in [-0.4, -0.2) is 5.54 Å². The van der Waals surface area contributed by atoms with Crippen LogP contribution in [-0.2, 0) is 0 Å². The summed E-state index contributed by atoms with van der Waals surface area (Å²) in [7, 11) is 0. The minimum absolute atomic E-state index is 0.149. The summed E-state index contributed by atoms with van der Waals surface area (Å²) in [6.07, 6.45) is 10.9. The van der Waals surface area contributed by atoms with E-state index in [-0.39, 0.29) is 5.54 Å². The van der Waals surface area contributed by atoms with Gasteiger partial charge in [0.1, 0.15) is 0 Å². The lowest BCUT2D eigenvalue weighted by Crippen LogP contribution is -2.50. The van der Waals surface area contributed by atoms with Gasteiger partial charge in [-0.05, 0) is 42.9 Å². The van der Waals surface area contributed by atoms with Crippen molar-refractivity contribution in [1.29, 1.82) is 0 Å². The first kappa shape index (κ1) is 12.4. The van der Waals surface area contributed by atoms with Gasteiger partial charge in [0.2, 0.25) is 0 Å². The predicted molar refractivity (Wildman–Crippen MR) is 70.3 cm³/mol. The second-order valence-corrected chi connectivity index (χ2v) is 7.57. The maximum absolute atomic E-state index is 6.70. The van der Waals surface area contributed by atoms with Crippen LogP contribution in [0.15, 0.2) is 0 Å². The summed E-state index contributed by atoms with van der Waals surface area (Å²) < 4.78 is 0. The third-order valence-electron chi connectivity index (χ3n) is 4.66. The van der Waals surface area contributed by atoms with Crippen LogP contribution in [0.2, 0.25) is 0 Å². The van der Waals surface area contributed by atoms with Crippen molar-refractivity contribution in [3.63, 3.8) is 0 Å². The smallest absolute Gasteiger partial charge is 0.0164 e. The lowest BCUT2D eigenvalue weighted by Gasteiger charge is -2.46. The molecule has 0 aromatic carbocycles. The van der Waals surface area contributed by atoms with Crippen LogP contribution in [0.5, 0.6) is 0 Å². The summed E-state index contributed by atoms with van der Waals surface area (Å²) in [5.41, 5.74) is 7.32. The zero-order valence-electron chi connectivity index (χ0n) is 11.4. The van der Waals surface area contributed by atoms with Crippen molar-refractivity contribution in [3.8, 4) is 0 Å². The van der Waals surface area contributed by atoms with Gasteiger partial charge in [-0.15, -0.1) is 0 Å². The normalized spacial score (nSPS) is 40.1. The van der Waals surface area contributed by atoms with Crippen LogP contribution in [0.1, 0.15) is 72.1 Å². The fourth-order valence-corrected chi connectivity index (χ4v) is 4.75. The molecule has 2 atom stereocenters. The minimum atomic E-state index is 0.149. The molecule has 16 heavy (non-hydrogen) atoms. The first-order valence-corrected chi connectivity index (χ1v) is 7.18. The molecule has 0 amide bonds. The highest BCUT2D eigenvalue weighted by Gasteiger charge is 2.41. The third-order valence-corrected chi connectivity index (χ3v) is 4.66. The molecule has 0 aliphatic heterocycles. The molecular weight excluding hydrogens is 194 g/mol. The fraction of sp³-hybridized carbons (Fsp3) is 1.00. The van der Waals surface area contributed by atoms with Crippen LogP contribution < -0.4 is 5.73 Å². The molecule has 2 rings (SSSR count). The highest BCUT2D eigenvalue weighted by molar-refractivity contribution is 4.98. The van der Waals surface area contributed by atoms with E-state index in [1.54, 1.807) is 0 Å². The van der Waals surface area contributed by atoms with Gasteiger partial charge in [-0.2, -0.15) is 0 Å². The first-order chi connectivity index (χ1) is 7.39. The van der Waals surface area contributed by atoms with Crippen LogP contribution in [0.25, 0.3) is 0 Å². The average Bonchev–Trinajstić information content (AvgIpc) is 2.49. The summed E-state index contributed by atoms with van der Waals surface area (Å²) in [5, 5.41) is 0. The lowest BCUT2D eigenvalue weighted by atomic mass is 9.62. The Morgan fingerprint density at radius 1 is 1.12 bits per heavy atom. The summed E-state index contributed by atoms with van der Waals surface area (Å²) in [6, 6.07) is 0. The second kappa shape index (κ2) is 4.33. The summed E-state index contributed by atoms with van der Waals surface area (Å²) >= 11 is 0. The van der Waals surface area contributed by atoms with E-state index in [0.29, 0.717) is 5.41 Å². The van der Waals surface area contributed by atoms with E-state index in [1.165, 1.54) is 51.4 Å². The van der Waals surface area contributed by atoms with Crippen LogP contribution in [0.3, 0.4) is 0 Å². The molecule has 0 saturated heterocycles. The van der Waals surface area contributed by atoms with Gasteiger partial charge in [-0.1, -0.05) is 46.5 Å². The number of nitrogens with two attached hydrogens (primary N) is 1. The SMILES string of the molecule is CC1CC(C)(C)CC(N)(CC2CCCC2)C1. The Kier molecular flexibility index (Phi) is 3.36. The Bertz CT molecular complexity index is 240. The molecule has 0 spiro atoms. The molecule has 0 aromatic heterocycles. The predicted octanol–water partition coefficient (Wildman–Crippen LogP) is 4.11. The van der Waals surface area contributed by atoms with Gasteiger partial charge in [0.05, 0.1) is 0 Å². The molecular formula is C15H29N. The first-order valence-electron chi connectivity index (χ1n) is 7.18. The minimum Gasteiger partial charge on any atom is -0.325 e. The molecule has 0 radical (unpaired) electrons. The van der Waals surface area contributed by atoms with Gasteiger partial charge in [0.25, 0.3) is 0 Å². The van der Waals surface area contributed by atoms with E-state index in [9.17, 15) is 0 Å². The average molecular weight is 223 g/mol. The van der Waals surface area contributed by atoms with Gasteiger partial charge in [0, 0.05) is 5.54 Å². The quantitative estimate of drug-likeness (QED) is 0.749. The molecule has 2 unspecified atom stereocenters. The van der Waals surface area contributed by atoms with E-state index >= 15 is 0 Å². The molecule has 1 nitrogen and oxygen atoms in total. The van der Waals surface area contributed by atoms with Crippen LogP contribution >= 0.6 is 0 Å². The maximum atomic E-state index is 6.70. The molecule has 0 heterocycles. The Balaban J connectivity index is 1.99. The van der Waals surface area contributed by atoms with Crippen molar-refractivity contribution in [3.05, 3.63) is 0 Å². The van der Waals surface area contributed by atoms with E-state index in [4.69, 9.17) is 5.73 Å². The van der Waals surface area contributed by atoms with Crippen molar-refractivity contribution < 1.29 is 0 Å². The second-order valence-electron chi connectivity index (χ2n) is 7.57. The van der Waals surface area contributed by atoms with Gasteiger partial charge in [0.15, 0.2) is 0 Å². The van der Waals surface area contributed by atoms with E-state index in [2.05, 4.69) is 20.8 Å². The number of hydrogen-bond acceptors (Lipinski definition) is 1. The molecule has 2 aliphatic carbocycles. The van der Waals surface area contributed by atoms with E-state index in [1.807, 2.05) is 0 Å². The van der Waals surface area contributed by atoms with Crippen molar-refractivity contribution in [2.24, 2.45) is 23.0 Å². The van der Waals surface area contributed by atoms with Crippen LogP contribution in [0.4, 0.5) is 0 Å². The molecule has 2 saturated carbocycles. The van der Waals surface area contributed by atoms with Crippen molar-refractivity contribution >= 4 is 0 Å². The highest BCUT2D eigenvalue weighted by atomic mass is 14.8. The van der Waals surface area contributed by atoms with E-state index < -0.39 is 0 Å². The maximum Gasteiger partial charge on any atom is 0.0164 e. The summed E-state index contributed by atoms with van der Waals surface area (Å²) in [6.45, 7) is 7.19. The molecule has 2 fully saturated rings. The summed E-state index contributed by atoms with van der Waals surface area (Å²) in [5.74, 6) is 1.75. The number of hydrogen-bond donors (Lipinski definition) is 1. The molecule has 2 N–H and O–H groups in total. The van der Waals surface area contributed by atoms with Crippen molar-refractivity contribution in [2.75, 3.05) is 0 Å². The van der Waals surface area contributed by atoms with Crippen molar-refractivity contribution in [1.82, 2.24) is 0 Å². The fourth-order valence-electron chi connectivity index (χ4n) is 4.75. The molecule has 0 aromatic rings. The largest absolute Gasteiger partial charge is 0.325 e. The zero-order valence-corrected chi connectivity index (χ0v) is 11.4. The topological polar surface area (TPSA) is 26.0 Å². The molecule has 94 valence electrons. The van der Waals surface area contributed by atoms with E-state index in [0.717, 1.165) is 11.8 Å². The monoisotopic (exact) mass is 223 g/mol. The lowest BCUT2D eigenvalue weighted by molar-refractivity contribution is 0.0904. The Hall–Kier alpha value is -0.0400. The van der Waals surface area contributed by atoms with Gasteiger partial charge >= 0.3 is 0 Å². The van der Waals surface area contributed by atoms with Gasteiger partial charge < -0.3 is 5.73 Å². The zero-order chi connectivity index (χ0) is 11.8. The van der Waals surface area contributed by atoms with Gasteiger partial charge in [-0.25, -0.2) is 0 Å². The Morgan fingerprint density at radius 3 is 2.31 bits per heavy atom. The molecule has 1 heteroatoms. The molecule has 0 bridgehead atoms. The van der Waals surface area contributed by atoms with Crippen molar-refractivity contribution in [2.45, 2.75) is 77.7 Å². The van der Waals surface area contributed by atoms with Gasteiger partial charge in [-0.3, -0.25) is 0 Å². The Morgan fingerprint density at radius 2 is 1.75 bits per heavy atom. The number of rotatable bonds is 2.